The largest absolute Gasteiger partial charge is 0.380 e. The van der Waals surface area contributed by atoms with Crippen molar-refractivity contribution in [3.8, 4) is 0 Å². The van der Waals surface area contributed by atoms with Crippen molar-refractivity contribution in [3.05, 3.63) is 29.3 Å². The molecule has 1 aromatic carbocycles. The molecule has 1 unspecified atom stereocenters. The minimum atomic E-state index is 0.399. The number of nitrogens with one attached hydrogen (secondary N) is 1. The van der Waals surface area contributed by atoms with Crippen molar-refractivity contribution >= 4 is 5.69 Å². The fourth-order valence-corrected chi connectivity index (χ4v) is 2.87. The van der Waals surface area contributed by atoms with Gasteiger partial charge in [-0.3, -0.25) is 0 Å². The van der Waals surface area contributed by atoms with E-state index in [1.54, 1.807) is 0 Å². The third kappa shape index (κ3) is 3.10. The molecule has 1 saturated carbocycles. The summed E-state index contributed by atoms with van der Waals surface area (Å²) in [5.41, 5.74) is 4.15. The van der Waals surface area contributed by atoms with E-state index in [4.69, 9.17) is 4.74 Å². The number of nitrogens with zero attached hydrogens (tertiary/aromatic N) is 1. The first-order valence-corrected chi connectivity index (χ1v) is 7.37. The van der Waals surface area contributed by atoms with Crippen molar-refractivity contribution in [3.63, 3.8) is 0 Å². The molecule has 2 fully saturated rings. The van der Waals surface area contributed by atoms with E-state index in [0.29, 0.717) is 6.10 Å². The van der Waals surface area contributed by atoms with E-state index >= 15 is 0 Å². The Bertz CT molecular complexity index is 442. The van der Waals surface area contributed by atoms with Crippen LogP contribution in [0.2, 0.25) is 0 Å². The molecule has 104 valence electrons. The van der Waals surface area contributed by atoms with Crippen LogP contribution in [0, 0.1) is 6.92 Å². The summed E-state index contributed by atoms with van der Waals surface area (Å²) in [6.07, 6.45) is 4.24. The van der Waals surface area contributed by atoms with Gasteiger partial charge in [0.1, 0.15) is 0 Å². The van der Waals surface area contributed by atoms with Crippen LogP contribution in [0.15, 0.2) is 18.2 Å². The first kappa shape index (κ1) is 12.9. The molecule has 1 aromatic rings. The van der Waals surface area contributed by atoms with Crippen LogP contribution in [0.3, 0.4) is 0 Å². The molecule has 3 nitrogen and oxygen atoms in total. The quantitative estimate of drug-likeness (QED) is 0.880. The van der Waals surface area contributed by atoms with Gasteiger partial charge in [-0.2, -0.15) is 0 Å². The summed E-state index contributed by atoms with van der Waals surface area (Å²) < 4.78 is 5.45. The Morgan fingerprint density at radius 1 is 1.32 bits per heavy atom. The van der Waals surface area contributed by atoms with Gasteiger partial charge in [0.05, 0.1) is 6.10 Å². The van der Waals surface area contributed by atoms with Crippen molar-refractivity contribution in [2.45, 2.75) is 44.9 Å². The number of benzene rings is 1. The average molecular weight is 260 g/mol. The molecule has 0 spiro atoms. The highest BCUT2D eigenvalue weighted by atomic mass is 16.5. The molecule has 1 aliphatic carbocycles. The Morgan fingerprint density at radius 3 is 2.79 bits per heavy atom. The van der Waals surface area contributed by atoms with Gasteiger partial charge in [-0.25, -0.2) is 0 Å². The Hall–Kier alpha value is -1.06. The molecule has 3 heteroatoms. The van der Waals surface area contributed by atoms with E-state index in [9.17, 15) is 0 Å². The minimum Gasteiger partial charge on any atom is -0.380 e. The third-order valence-corrected chi connectivity index (χ3v) is 4.25. The average Bonchev–Trinajstić information content (AvgIpc) is 3.13. The summed E-state index contributed by atoms with van der Waals surface area (Å²) in [7, 11) is 1.81. The molecule has 1 aliphatic heterocycles. The van der Waals surface area contributed by atoms with Crippen molar-refractivity contribution in [2.24, 2.45) is 0 Å². The van der Waals surface area contributed by atoms with Crippen molar-refractivity contribution in [1.82, 2.24) is 5.32 Å². The molecule has 3 rings (SSSR count). The summed E-state index contributed by atoms with van der Waals surface area (Å²) in [5.74, 6) is 0. The maximum absolute atomic E-state index is 5.45. The maximum atomic E-state index is 5.45. The number of anilines is 1. The predicted molar refractivity (Wildman–Crippen MR) is 78.7 cm³/mol. The molecule has 1 N–H and O–H groups in total. The molecule has 1 saturated heterocycles. The van der Waals surface area contributed by atoms with E-state index in [1.165, 1.54) is 29.7 Å². The molecule has 0 aromatic heterocycles. The van der Waals surface area contributed by atoms with Crippen LogP contribution in [0.25, 0.3) is 0 Å². The van der Waals surface area contributed by atoms with Crippen LogP contribution in [0.5, 0.6) is 0 Å². The minimum absolute atomic E-state index is 0.399. The lowest BCUT2D eigenvalue weighted by Crippen LogP contribution is -2.23. The topological polar surface area (TPSA) is 24.5 Å². The highest BCUT2D eigenvalue weighted by Crippen LogP contribution is 2.26. The zero-order valence-corrected chi connectivity index (χ0v) is 12.0. The number of ether oxygens (including phenoxy) is 1. The van der Waals surface area contributed by atoms with Crippen LogP contribution in [-0.4, -0.2) is 32.3 Å². The van der Waals surface area contributed by atoms with Gasteiger partial charge in [0.2, 0.25) is 0 Å². The van der Waals surface area contributed by atoms with Crippen LogP contribution >= 0.6 is 0 Å². The van der Waals surface area contributed by atoms with Gasteiger partial charge < -0.3 is 15.0 Å². The van der Waals surface area contributed by atoms with Crippen LogP contribution in [0.1, 0.15) is 30.4 Å². The fourth-order valence-electron chi connectivity index (χ4n) is 2.87. The van der Waals surface area contributed by atoms with E-state index < -0.39 is 0 Å². The Morgan fingerprint density at radius 2 is 2.16 bits per heavy atom. The van der Waals surface area contributed by atoms with Gasteiger partial charge in [-0.05, 0) is 43.4 Å². The number of hydrogen-bond donors (Lipinski definition) is 1. The van der Waals surface area contributed by atoms with Gasteiger partial charge in [0.25, 0.3) is 0 Å². The van der Waals surface area contributed by atoms with Gasteiger partial charge in [-0.15, -0.1) is 0 Å². The van der Waals surface area contributed by atoms with Crippen LogP contribution in [-0.2, 0) is 11.3 Å². The molecule has 0 bridgehead atoms. The van der Waals surface area contributed by atoms with Gasteiger partial charge >= 0.3 is 0 Å². The lowest BCUT2D eigenvalue weighted by Gasteiger charge is -2.21. The number of rotatable bonds is 5. The van der Waals surface area contributed by atoms with Crippen molar-refractivity contribution in [2.75, 3.05) is 25.1 Å². The zero-order valence-electron chi connectivity index (χ0n) is 12.0. The normalized spacial score (nSPS) is 23.1. The summed E-state index contributed by atoms with van der Waals surface area (Å²) in [4.78, 5) is 2.45. The molecule has 19 heavy (non-hydrogen) atoms. The van der Waals surface area contributed by atoms with E-state index in [-0.39, 0.29) is 0 Å². The van der Waals surface area contributed by atoms with E-state index in [1.807, 2.05) is 7.11 Å². The highest BCUT2D eigenvalue weighted by molar-refractivity contribution is 5.55. The molecule has 0 amide bonds. The number of methoxy groups -OCH3 is 1. The van der Waals surface area contributed by atoms with Gasteiger partial charge in [0.15, 0.2) is 0 Å². The van der Waals surface area contributed by atoms with E-state index in [0.717, 1.165) is 32.1 Å². The molecule has 1 heterocycles. The van der Waals surface area contributed by atoms with Crippen molar-refractivity contribution < 1.29 is 4.74 Å². The van der Waals surface area contributed by atoms with Gasteiger partial charge in [0, 0.05) is 38.5 Å². The van der Waals surface area contributed by atoms with Crippen LogP contribution in [0.4, 0.5) is 5.69 Å². The summed E-state index contributed by atoms with van der Waals surface area (Å²) in [6.45, 7) is 5.36. The number of aryl methyl sites for hydroxylation is 1. The second-order valence-electron chi connectivity index (χ2n) is 5.87. The first-order valence-electron chi connectivity index (χ1n) is 7.37. The fraction of sp³-hybridized carbons (Fsp3) is 0.625. The maximum Gasteiger partial charge on any atom is 0.0762 e. The second kappa shape index (κ2) is 5.51. The molecule has 0 radical (unpaired) electrons. The lowest BCUT2D eigenvalue weighted by atomic mass is 10.1. The monoisotopic (exact) mass is 260 g/mol. The summed E-state index contributed by atoms with van der Waals surface area (Å²) in [6, 6.07) is 7.64. The molecule has 1 atom stereocenters. The second-order valence-corrected chi connectivity index (χ2v) is 5.87. The summed E-state index contributed by atoms with van der Waals surface area (Å²) in [5, 5.41) is 3.57. The Labute approximate surface area is 115 Å². The van der Waals surface area contributed by atoms with Gasteiger partial charge in [-0.1, -0.05) is 12.1 Å². The SMILES string of the molecule is COC1CCN(c2ccc(CNC3CC3)cc2C)C1. The van der Waals surface area contributed by atoms with Crippen LogP contribution < -0.4 is 10.2 Å². The standard InChI is InChI=1S/C16H24N2O/c1-12-9-13(10-17-14-4-5-14)3-6-16(12)18-8-7-15(11-18)19-2/h3,6,9,14-15,17H,4-5,7-8,10-11H2,1-2H3. The zero-order chi connectivity index (χ0) is 13.2. The molecular formula is C16H24N2O. The summed E-state index contributed by atoms with van der Waals surface area (Å²) >= 11 is 0. The smallest absolute Gasteiger partial charge is 0.0762 e. The Balaban J connectivity index is 1.65. The van der Waals surface area contributed by atoms with E-state index in [2.05, 4.69) is 35.3 Å². The predicted octanol–water partition coefficient (Wildman–Crippen LogP) is 2.47. The third-order valence-electron chi connectivity index (χ3n) is 4.25. The Kier molecular flexibility index (Phi) is 3.76. The highest BCUT2D eigenvalue weighted by Gasteiger charge is 2.23. The lowest BCUT2D eigenvalue weighted by molar-refractivity contribution is 0.121. The molecular weight excluding hydrogens is 236 g/mol. The molecule has 2 aliphatic rings. The number of hydrogen-bond acceptors (Lipinski definition) is 3. The first-order chi connectivity index (χ1) is 9.26. The van der Waals surface area contributed by atoms with Crippen molar-refractivity contribution in [1.29, 1.82) is 0 Å².